The zero-order valence-corrected chi connectivity index (χ0v) is 17.9. The summed E-state index contributed by atoms with van der Waals surface area (Å²) in [4.78, 5) is 31.7. The summed E-state index contributed by atoms with van der Waals surface area (Å²) >= 11 is 1.33. The van der Waals surface area contributed by atoms with E-state index in [1.165, 1.54) is 17.3 Å². The number of rotatable bonds is 5. The van der Waals surface area contributed by atoms with Crippen molar-refractivity contribution in [3.05, 3.63) is 53.6 Å². The average Bonchev–Trinajstić information content (AvgIpc) is 2.71. The van der Waals surface area contributed by atoms with Crippen LogP contribution in [0.2, 0.25) is 0 Å². The number of methoxy groups -OCH3 is 1. The van der Waals surface area contributed by atoms with Gasteiger partial charge < -0.3 is 10.1 Å². The first-order chi connectivity index (χ1) is 13.9. The van der Waals surface area contributed by atoms with Crippen molar-refractivity contribution < 1.29 is 14.3 Å². The summed E-state index contributed by atoms with van der Waals surface area (Å²) in [5.74, 6) is 0.410. The first-order valence-corrected chi connectivity index (χ1v) is 10.4. The van der Waals surface area contributed by atoms with Gasteiger partial charge in [0.05, 0.1) is 12.8 Å². The van der Waals surface area contributed by atoms with Crippen LogP contribution in [0.4, 0.5) is 11.4 Å². The van der Waals surface area contributed by atoms with Crippen LogP contribution in [0, 0.1) is 13.8 Å². The minimum absolute atomic E-state index is 0.0938. The van der Waals surface area contributed by atoms with Crippen LogP contribution in [-0.2, 0) is 9.59 Å². The van der Waals surface area contributed by atoms with Crippen LogP contribution in [0.25, 0.3) is 0 Å². The second kappa shape index (κ2) is 9.13. The maximum absolute atomic E-state index is 12.8. The van der Waals surface area contributed by atoms with Crippen molar-refractivity contribution in [2.24, 2.45) is 4.99 Å². The molecule has 152 valence electrons. The normalized spacial score (nSPS) is 18.1. The van der Waals surface area contributed by atoms with E-state index in [9.17, 15) is 9.59 Å². The van der Waals surface area contributed by atoms with Crippen LogP contribution in [0.1, 0.15) is 24.5 Å². The number of amides is 2. The third-order valence-corrected chi connectivity index (χ3v) is 6.01. The Kier molecular flexibility index (Phi) is 6.59. The lowest BCUT2D eigenvalue weighted by Crippen LogP contribution is -2.45. The minimum atomic E-state index is -0.530. The number of nitrogens with one attached hydrogen (secondary N) is 1. The quantitative estimate of drug-likeness (QED) is 0.797. The second-order valence-electron chi connectivity index (χ2n) is 6.83. The average molecular weight is 412 g/mol. The highest BCUT2D eigenvalue weighted by atomic mass is 32.2. The number of nitrogens with zero attached hydrogens (tertiary/aromatic N) is 2. The fourth-order valence-corrected chi connectivity index (χ4v) is 4.12. The van der Waals surface area contributed by atoms with E-state index in [1.807, 2.05) is 39.0 Å². The van der Waals surface area contributed by atoms with Gasteiger partial charge in [-0.2, -0.15) is 0 Å². The van der Waals surface area contributed by atoms with E-state index < -0.39 is 5.25 Å². The molecule has 0 unspecified atom stereocenters. The van der Waals surface area contributed by atoms with Gasteiger partial charge in [-0.25, -0.2) is 4.99 Å². The van der Waals surface area contributed by atoms with Crippen molar-refractivity contribution in [3.63, 3.8) is 0 Å². The molecule has 7 heteroatoms. The summed E-state index contributed by atoms with van der Waals surface area (Å²) in [5.41, 5.74) is 3.76. The molecule has 0 radical (unpaired) electrons. The topological polar surface area (TPSA) is 71.0 Å². The fraction of sp³-hybridized carbons (Fsp3) is 0.318. The number of carbonyl (C=O) groups excluding carboxylic acids is 2. The largest absolute Gasteiger partial charge is 0.497 e. The molecule has 1 atom stereocenters. The molecule has 3 rings (SSSR count). The van der Waals surface area contributed by atoms with Gasteiger partial charge in [0.1, 0.15) is 11.0 Å². The Morgan fingerprint density at radius 3 is 2.55 bits per heavy atom. The van der Waals surface area contributed by atoms with E-state index in [-0.39, 0.29) is 18.2 Å². The number of amidine groups is 1. The minimum Gasteiger partial charge on any atom is -0.497 e. The van der Waals surface area contributed by atoms with Gasteiger partial charge in [-0.1, -0.05) is 17.8 Å². The molecule has 1 aliphatic heterocycles. The van der Waals surface area contributed by atoms with Crippen molar-refractivity contribution in [1.29, 1.82) is 0 Å². The van der Waals surface area contributed by atoms with Crippen LogP contribution < -0.4 is 10.1 Å². The molecule has 0 spiro atoms. The molecule has 6 nitrogen and oxygen atoms in total. The third kappa shape index (κ3) is 4.98. The van der Waals surface area contributed by atoms with E-state index in [2.05, 4.69) is 10.3 Å². The molecule has 0 aromatic heterocycles. The number of carbonyl (C=O) groups is 2. The van der Waals surface area contributed by atoms with E-state index >= 15 is 0 Å². The number of hydrogen-bond donors (Lipinski definition) is 1. The maximum atomic E-state index is 12.8. The van der Waals surface area contributed by atoms with E-state index in [1.54, 1.807) is 36.3 Å². The number of anilines is 1. The smallest absolute Gasteiger partial charge is 0.238 e. The van der Waals surface area contributed by atoms with Gasteiger partial charge in [-0.15, -0.1) is 0 Å². The van der Waals surface area contributed by atoms with Crippen LogP contribution >= 0.6 is 11.8 Å². The Bertz CT molecular complexity index is 941. The molecular weight excluding hydrogens is 386 g/mol. The first kappa shape index (κ1) is 20.9. The lowest BCUT2D eigenvalue weighted by Gasteiger charge is -2.31. The molecule has 2 aromatic rings. The van der Waals surface area contributed by atoms with Crippen molar-refractivity contribution in [2.75, 3.05) is 19.0 Å². The highest BCUT2D eigenvalue weighted by molar-refractivity contribution is 8.15. The number of hydrogen-bond acceptors (Lipinski definition) is 5. The highest BCUT2D eigenvalue weighted by Gasteiger charge is 2.35. The first-order valence-electron chi connectivity index (χ1n) is 9.49. The van der Waals surface area contributed by atoms with Gasteiger partial charge in [-0.05, 0) is 68.3 Å². The number of ether oxygens (including phenoxy) is 1. The third-order valence-electron chi connectivity index (χ3n) is 4.82. The van der Waals surface area contributed by atoms with Gasteiger partial charge in [0, 0.05) is 18.7 Å². The standard InChI is InChI=1S/C22H25N3O3S/c1-5-25-20(26)13-19(21(27)23-16-8-10-18(28-4)11-9-16)29-22(25)24-17-7-6-14(2)15(3)12-17/h6-12,19H,5,13H2,1-4H3,(H,23,27)/t19-/m1/s1. The van der Waals surface area contributed by atoms with Crippen molar-refractivity contribution in [3.8, 4) is 5.75 Å². The SMILES string of the molecule is CCN1C(=O)C[C@H](C(=O)Nc2ccc(OC)cc2)SC1=Nc1ccc(C)c(C)c1. The number of thioether (sulfide) groups is 1. The van der Waals surface area contributed by atoms with Crippen molar-refractivity contribution in [1.82, 2.24) is 4.90 Å². The number of benzene rings is 2. The lowest BCUT2D eigenvalue weighted by atomic mass is 10.1. The Labute approximate surface area is 175 Å². The summed E-state index contributed by atoms with van der Waals surface area (Å²) in [6.07, 6.45) is 0.145. The summed E-state index contributed by atoms with van der Waals surface area (Å²) < 4.78 is 5.13. The molecule has 1 heterocycles. The van der Waals surface area contributed by atoms with Gasteiger partial charge in [0.25, 0.3) is 0 Å². The molecule has 1 aliphatic rings. The van der Waals surface area contributed by atoms with Gasteiger partial charge in [0.15, 0.2) is 5.17 Å². The Morgan fingerprint density at radius 1 is 1.21 bits per heavy atom. The summed E-state index contributed by atoms with van der Waals surface area (Å²) in [7, 11) is 1.59. The Hall–Kier alpha value is -2.80. The predicted octanol–water partition coefficient (Wildman–Crippen LogP) is 4.29. The second-order valence-corrected chi connectivity index (χ2v) is 8.00. The molecule has 1 N–H and O–H groups in total. The van der Waals surface area contributed by atoms with Crippen molar-refractivity contribution in [2.45, 2.75) is 32.4 Å². The predicted molar refractivity (Wildman–Crippen MR) is 118 cm³/mol. The monoisotopic (exact) mass is 411 g/mol. The molecule has 29 heavy (non-hydrogen) atoms. The molecule has 0 bridgehead atoms. The molecule has 1 fully saturated rings. The van der Waals surface area contributed by atoms with E-state index in [4.69, 9.17) is 4.74 Å². The van der Waals surface area contributed by atoms with Gasteiger partial charge in [0.2, 0.25) is 11.8 Å². The molecule has 1 saturated heterocycles. The zero-order chi connectivity index (χ0) is 21.0. The van der Waals surface area contributed by atoms with E-state index in [0.717, 1.165) is 11.3 Å². The molecular formula is C22H25N3O3S. The van der Waals surface area contributed by atoms with Crippen LogP contribution in [0.5, 0.6) is 5.75 Å². The summed E-state index contributed by atoms with van der Waals surface area (Å²) in [6, 6.07) is 13.0. The van der Waals surface area contributed by atoms with Gasteiger partial charge in [-0.3, -0.25) is 14.5 Å². The molecule has 0 aliphatic carbocycles. The molecule has 0 saturated carbocycles. The number of aryl methyl sites for hydroxylation is 2. The molecule has 2 amide bonds. The molecule has 2 aromatic carbocycles. The Balaban J connectivity index is 1.79. The fourth-order valence-electron chi connectivity index (χ4n) is 2.96. The zero-order valence-electron chi connectivity index (χ0n) is 17.1. The van der Waals surface area contributed by atoms with Crippen LogP contribution in [0.3, 0.4) is 0 Å². The van der Waals surface area contributed by atoms with Crippen LogP contribution in [-0.4, -0.2) is 40.8 Å². The summed E-state index contributed by atoms with van der Waals surface area (Å²) in [5, 5.41) is 2.90. The van der Waals surface area contributed by atoms with Crippen molar-refractivity contribution >= 4 is 40.1 Å². The lowest BCUT2D eigenvalue weighted by molar-refractivity contribution is -0.129. The maximum Gasteiger partial charge on any atom is 0.238 e. The highest BCUT2D eigenvalue weighted by Crippen LogP contribution is 2.30. The van der Waals surface area contributed by atoms with Crippen LogP contribution in [0.15, 0.2) is 47.5 Å². The number of aliphatic imine (C=N–C) groups is 1. The van der Waals surface area contributed by atoms with E-state index in [0.29, 0.717) is 23.1 Å². The van der Waals surface area contributed by atoms with Gasteiger partial charge >= 0.3 is 0 Å². The Morgan fingerprint density at radius 2 is 1.93 bits per heavy atom. The summed E-state index contributed by atoms with van der Waals surface area (Å²) in [6.45, 7) is 6.50.